The zero-order valence-electron chi connectivity index (χ0n) is 36.7. The number of nitrogens with one attached hydrogen (secondary N) is 2. The molecule has 0 saturated heterocycles. The van der Waals surface area contributed by atoms with Gasteiger partial charge in [0.15, 0.2) is 0 Å². The maximum absolute atomic E-state index is 6.66. The Balaban J connectivity index is 1.04. The van der Waals surface area contributed by atoms with Crippen LogP contribution in [0, 0.1) is 0 Å². The molecule has 2 atom stereocenters. The number of benzene rings is 9. The molecule has 2 aliphatic carbocycles. The molecule has 314 valence electrons. The number of rotatable bonds is 4. The molecule has 3 heterocycles. The highest BCUT2D eigenvalue weighted by atomic mass is 16.5. The van der Waals surface area contributed by atoms with Crippen LogP contribution in [0.2, 0.25) is 0 Å². The van der Waals surface area contributed by atoms with E-state index in [1.165, 1.54) is 94.1 Å². The van der Waals surface area contributed by atoms with Crippen LogP contribution in [0.4, 0.5) is 0 Å². The van der Waals surface area contributed by atoms with Crippen molar-refractivity contribution in [3.63, 3.8) is 0 Å². The molecule has 10 aromatic rings. The lowest BCUT2D eigenvalue weighted by molar-refractivity contribution is 0.436. The van der Waals surface area contributed by atoms with Crippen LogP contribution in [0.5, 0.6) is 11.5 Å². The Morgan fingerprint density at radius 1 is 0.515 bits per heavy atom. The lowest BCUT2D eigenvalue weighted by Crippen LogP contribution is -2.40. The van der Waals surface area contributed by atoms with Crippen molar-refractivity contribution < 1.29 is 4.74 Å². The molecule has 4 heteroatoms. The predicted octanol–water partition coefficient (Wildman–Crippen LogP) is 14.5. The third-order valence-electron chi connectivity index (χ3n) is 15.1. The highest BCUT2D eigenvalue weighted by Gasteiger charge is 2.51. The molecule has 0 radical (unpaired) electrons. The van der Waals surface area contributed by atoms with Crippen molar-refractivity contribution in [3.05, 3.63) is 262 Å². The van der Waals surface area contributed by atoms with Gasteiger partial charge in [-0.3, -0.25) is 5.32 Å². The van der Waals surface area contributed by atoms with Crippen molar-refractivity contribution in [2.75, 3.05) is 0 Å². The van der Waals surface area contributed by atoms with Crippen molar-refractivity contribution >= 4 is 27.5 Å². The van der Waals surface area contributed by atoms with Crippen LogP contribution in [0.1, 0.15) is 76.1 Å². The number of nitrogens with zero attached hydrogens (tertiary/aromatic N) is 1. The topological polar surface area (TPSA) is 38.2 Å². The minimum atomic E-state index is -0.527. The quantitative estimate of drug-likeness (QED) is 0.185. The molecular formula is C62H45N3O. The molecule has 4 aliphatic rings. The van der Waals surface area contributed by atoms with Crippen molar-refractivity contribution in [1.29, 1.82) is 0 Å². The van der Waals surface area contributed by atoms with Gasteiger partial charge in [0.2, 0.25) is 0 Å². The molecule has 0 saturated carbocycles. The Morgan fingerprint density at radius 2 is 1.12 bits per heavy atom. The van der Waals surface area contributed by atoms with E-state index in [9.17, 15) is 0 Å². The monoisotopic (exact) mass is 847 g/mol. The van der Waals surface area contributed by atoms with Crippen LogP contribution >= 0.6 is 0 Å². The molecule has 14 rings (SSSR count). The van der Waals surface area contributed by atoms with Gasteiger partial charge in [0, 0.05) is 38.7 Å². The highest BCUT2D eigenvalue weighted by molar-refractivity contribution is 6.14. The van der Waals surface area contributed by atoms with Crippen LogP contribution in [0.25, 0.3) is 55.4 Å². The van der Waals surface area contributed by atoms with E-state index in [4.69, 9.17) is 4.74 Å². The Bertz CT molecular complexity index is 3630. The van der Waals surface area contributed by atoms with Gasteiger partial charge in [-0.1, -0.05) is 184 Å². The van der Waals surface area contributed by atoms with E-state index in [2.05, 4.69) is 241 Å². The van der Waals surface area contributed by atoms with E-state index in [1.807, 2.05) is 0 Å². The second-order valence-corrected chi connectivity index (χ2v) is 18.8. The van der Waals surface area contributed by atoms with E-state index in [1.54, 1.807) is 0 Å². The zero-order chi connectivity index (χ0) is 43.7. The van der Waals surface area contributed by atoms with Crippen molar-refractivity contribution in [3.8, 4) is 39.4 Å². The SMILES string of the molecule is CC1(C)c2ccccc2-c2c(C3NC(c4ccccc4)=CC(c4ccccc4)N3)cc3c4ccccc4n(-c4ccc5c(c4)-c4ccccc4C54c5ccccc5Oc5ccccc54)c3c21. The van der Waals surface area contributed by atoms with Gasteiger partial charge >= 0.3 is 0 Å². The summed E-state index contributed by atoms with van der Waals surface area (Å²) < 4.78 is 9.23. The van der Waals surface area contributed by atoms with Gasteiger partial charge < -0.3 is 14.6 Å². The Hall–Kier alpha value is -7.92. The number of fused-ring (bicyclic) bond motifs is 16. The summed E-state index contributed by atoms with van der Waals surface area (Å²) in [6.45, 7) is 4.85. The molecule has 4 nitrogen and oxygen atoms in total. The summed E-state index contributed by atoms with van der Waals surface area (Å²) >= 11 is 0. The molecule has 0 amide bonds. The lowest BCUT2D eigenvalue weighted by Gasteiger charge is -2.39. The molecule has 9 aromatic carbocycles. The minimum Gasteiger partial charge on any atom is -0.457 e. The highest BCUT2D eigenvalue weighted by Crippen LogP contribution is 2.63. The third-order valence-corrected chi connectivity index (χ3v) is 15.1. The summed E-state index contributed by atoms with van der Waals surface area (Å²) in [5.41, 5.74) is 20.3. The fraction of sp³-hybridized carbons (Fsp3) is 0.0968. The number of hydrogen-bond acceptors (Lipinski definition) is 3. The maximum Gasteiger partial charge on any atom is 0.132 e. The lowest BCUT2D eigenvalue weighted by atomic mass is 9.66. The van der Waals surface area contributed by atoms with Gasteiger partial charge in [-0.25, -0.2) is 0 Å². The second-order valence-electron chi connectivity index (χ2n) is 18.8. The van der Waals surface area contributed by atoms with E-state index in [0.717, 1.165) is 22.9 Å². The first-order valence-electron chi connectivity index (χ1n) is 23.2. The molecule has 2 N–H and O–H groups in total. The van der Waals surface area contributed by atoms with Crippen molar-refractivity contribution in [2.45, 2.75) is 36.9 Å². The Morgan fingerprint density at radius 3 is 1.88 bits per heavy atom. The van der Waals surface area contributed by atoms with E-state index >= 15 is 0 Å². The van der Waals surface area contributed by atoms with Crippen LogP contribution in [-0.4, -0.2) is 4.57 Å². The number of aromatic nitrogens is 1. The zero-order valence-corrected chi connectivity index (χ0v) is 36.7. The Kier molecular flexibility index (Phi) is 7.83. The van der Waals surface area contributed by atoms with Gasteiger partial charge in [-0.05, 0) is 104 Å². The first-order chi connectivity index (χ1) is 32.5. The average Bonchev–Trinajstić information content (AvgIpc) is 3.95. The number of ether oxygens (including phenoxy) is 1. The van der Waals surface area contributed by atoms with Crippen molar-refractivity contribution in [2.24, 2.45) is 0 Å². The molecule has 2 unspecified atom stereocenters. The van der Waals surface area contributed by atoms with Gasteiger partial charge in [0.05, 0.1) is 22.5 Å². The first-order valence-corrected chi connectivity index (χ1v) is 23.2. The summed E-state index contributed by atoms with van der Waals surface area (Å²) in [6.07, 6.45) is 2.16. The molecular weight excluding hydrogens is 803 g/mol. The normalized spacial score (nSPS) is 17.8. The molecule has 0 fully saturated rings. The first kappa shape index (κ1) is 37.5. The smallest absolute Gasteiger partial charge is 0.132 e. The van der Waals surface area contributed by atoms with Gasteiger partial charge in [-0.15, -0.1) is 0 Å². The fourth-order valence-electron chi connectivity index (χ4n) is 12.4. The molecule has 0 bridgehead atoms. The Labute approximate surface area is 384 Å². The molecule has 1 spiro atoms. The number of hydrogen-bond donors (Lipinski definition) is 2. The van der Waals surface area contributed by atoms with E-state index in [-0.39, 0.29) is 17.6 Å². The van der Waals surface area contributed by atoms with E-state index in [0.29, 0.717) is 0 Å². The molecule has 1 aromatic heterocycles. The van der Waals surface area contributed by atoms with Crippen LogP contribution in [0.3, 0.4) is 0 Å². The number of para-hydroxylation sites is 3. The van der Waals surface area contributed by atoms with E-state index < -0.39 is 5.41 Å². The summed E-state index contributed by atoms with van der Waals surface area (Å²) in [5, 5.41) is 10.6. The van der Waals surface area contributed by atoms with Crippen LogP contribution < -0.4 is 15.4 Å². The second kappa shape index (κ2) is 13.8. The molecule has 2 aliphatic heterocycles. The fourth-order valence-corrected chi connectivity index (χ4v) is 12.4. The van der Waals surface area contributed by atoms with Crippen LogP contribution in [-0.2, 0) is 10.8 Å². The third kappa shape index (κ3) is 5.02. The largest absolute Gasteiger partial charge is 0.457 e. The summed E-state index contributed by atoms with van der Waals surface area (Å²) in [4.78, 5) is 0. The standard InChI is InChI=1S/C62H45N3O/c1-61(2)47-26-12-10-25-43(47)57-46(60-63-52(38-19-5-3-6-20-38)37-53(64-60)39-21-7-4-8-22-39)36-45-42-24-11-16-30-54(42)65(59(45)58(57)61)40-33-34-49-44(35-40)41-23-9-13-27-48(41)62(49)50-28-14-17-31-55(50)66-56-32-18-15-29-51(56)62/h3-37,52,60,63-64H,1-2H3. The maximum atomic E-state index is 6.66. The predicted molar refractivity (Wildman–Crippen MR) is 268 cm³/mol. The summed E-state index contributed by atoms with van der Waals surface area (Å²) in [6, 6.07) is 75.7. The van der Waals surface area contributed by atoms with Gasteiger partial charge in [-0.2, -0.15) is 0 Å². The average molecular weight is 848 g/mol. The minimum absolute atomic E-state index is 0.00255. The van der Waals surface area contributed by atoms with Gasteiger partial charge in [0.25, 0.3) is 0 Å². The van der Waals surface area contributed by atoms with Crippen molar-refractivity contribution in [1.82, 2.24) is 15.2 Å². The summed E-state index contributed by atoms with van der Waals surface area (Å²) in [7, 11) is 0. The van der Waals surface area contributed by atoms with Crippen LogP contribution in [0.15, 0.2) is 212 Å². The molecule has 66 heavy (non-hydrogen) atoms. The summed E-state index contributed by atoms with van der Waals surface area (Å²) in [5.74, 6) is 1.81. The van der Waals surface area contributed by atoms with Gasteiger partial charge in [0.1, 0.15) is 17.7 Å².